The summed E-state index contributed by atoms with van der Waals surface area (Å²) in [5.41, 5.74) is 1.04. The summed E-state index contributed by atoms with van der Waals surface area (Å²) in [5, 5.41) is 8.47. The van der Waals surface area contributed by atoms with E-state index >= 15 is 0 Å². The minimum Gasteiger partial charge on any atom is -0.192 e. The van der Waals surface area contributed by atoms with E-state index in [2.05, 4.69) is 12.0 Å². The normalized spacial score (nSPS) is 7.80. The van der Waals surface area contributed by atoms with Crippen LogP contribution < -0.4 is 0 Å². The first-order chi connectivity index (χ1) is 4.88. The summed E-state index contributed by atoms with van der Waals surface area (Å²) in [6.45, 7) is 0. The van der Waals surface area contributed by atoms with E-state index in [0.29, 0.717) is 11.1 Å². The van der Waals surface area contributed by atoms with E-state index in [1.54, 1.807) is 18.2 Å². The van der Waals surface area contributed by atoms with Gasteiger partial charge in [0.05, 0.1) is 5.56 Å². The molecule has 0 N–H and O–H groups in total. The van der Waals surface area contributed by atoms with Gasteiger partial charge >= 0.3 is 0 Å². The van der Waals surface area contributed by atoms with Crippen molar-refractivity contribution in [3.05, 3.63) is 35.4 Å². The van der Waals surface area contributed by atoms with Gasteiger partial charge in [0.2, 0.25) is 0 Å². The predicted molar refractivity (Wildman–Crippen MR) is 37.9 cm³/mol. The minimum absolute atomic E-state index is 0.435. The molecule has 1 aromatic carbocycles. The van der Waals surface area contributed by atoms with Gasteiger partial charge in [-0.1, -0.05) is 18.1 Å². The van der Waals surface area contributed by atoms with Crippen molar-refractivity contribution in [2.75, 3.05) is 0 Å². The van der Waals surface area contributed by atoms with Gasteiger partial charge in [-0.3, -0.25) is 0 Å². The highest BCUT2D eigenvalue weighted by Gasteiger charge is 1.94. The van der Waals surface area contributed by atoms with Crippen molar-refractivity contribution in [3.63, 3.8) is 0 Å². The molecule has 0 spiro atoms. The Kier molecular flexibility index (Phi) is 1.73. The monoisotopic (exact) mass is 126 g/mol. The molecule has 1 radical (unpaired) electrons. The smallest absolute Gasteiger partial charge is 0.101 e. The van der Waals surface area contributed by atoms with Crippen molar-refractivity contribution in [1.82, 2.24) is 0 Å². The third kappa shape index (κ3) is 0.989. The number of terminal acetylenes is 1. The van der Waals surface area contributed by atoms with E-state index in [1.807, 2.05) is 6.07 Å². The zero-order valence-corrected chi connectivity index (χ0v) is 5.26. The van der Waals surface area contributed by atoms with Crippen molar-refractivity contribution in [2.24, 2.45) is 0 Å². The topological polar surface area (TPSA) is 23.8 Å². The molecule has 1 aromatic rings. The minimum atomic E-state index is 0.435. The Bertz CT molecular complexity index is 279. The molecule has 0 bridgehead atoms. The van der Waals surface area contributed by atoms with Crippen LogP contribution in [-0.2, 0) is 0 Å². The standard InChI is InChI=1S/C9H4N/c1-2-8-5-3-4-6-9(8)7-10/h1,3-5H. The van der Waals surface area contributed by atoms with Crippen LogP contribution in [0.2, 0.25) is 0 Å². The lowest BCUT2D eigenvalue weighted by Crippen LogP contribution is -1.80. The molecule has 0 atom stereocenters. The lowest BCUT2D eigenvalue weighted by Gasteiger charge is -1.89. The molecule has 0 aromatic heterocycles. The van der Waals surface area contributed by atoms with E-state index < -0.39 is 0 Å². The van der Waals surface area contributed by atoms with Crippen LogP contribution in [0.1, 0.15) is 11.1 Å². The average Bonchev–Trinajstić information content (AvgIpc) is 2.04. The fourth-order valence-electron chi connectivity index (χ4n) is 0.650. The molecule has 0 amide bonds. The fourth-order valence-corrected chi connectivity index (χ4v) is 0.650. The van der Waals surface area contributed by atoms with Crippen molar-refractivity contribution >= 4 is 0 Å². The lowest BCUT2D eigenvalue weighted by atomic mass is 10.1. The van der Waals surface area contributed by atoms with Crippen LogP contribution in [-0.4, -0.2) is 0 Å². The fraction of sp³-hybridized carbons (Fsp3) is 0. The van der Waals surface area contributed by atoms with Gasteiger partial charge < -0.3 is 0 Å². The molecular weight excluding hydrogens is 122 g/mol. The molecule has 45 valence electrons. The Morgan fingerprint density at radius 2 is 2.40 bits per heavy atom. The molecule has 0 saturated carbocycles. The van der Waals surface area contributed by atoms with E-state index in [1.165, 1.54) is 0 Å². The van der Waals surface area contributed by atoms with Gasteiger partial charge in [-0.15, -0.1) is 6.42 Å². The van der Waals surface area contributed by atoms with Crippen molar-refractivity contribution in [3.8, 4) is 18.4 Å². The largest absolute Gasteiger partial charge is 0.192 e. The summed E-state index contributed by atoms with van der Waals surface area (Å²) in [5.74, 6) is 2.39. The molecule has 0 aliphatic carbocycles. The first kappa shape index (κ1) is 6.39. The maximum Gasteiger partial charge on any atom is 0.101 e. The van der Waals surface area contributed by atoms with Crippen LogP contribution in [0.25, 0.3) is 0 Å². The second-order valence-electron chi connectivity index (χ2n) is 1.71. The van der Waals surface area contributed by atoms with Crippen LogP contribution >= 0.6 is 0 Å². The molecule has 1 rings (SSSR count). The third-order valence-corrected chi connectivity index (χ3v) is 1.12. The molecule has 0 heterocycles. The van der Waals surface area contributed by atoms with E-state index in [0.717, 1.165) is 0 Å². The Morgan fingerprint density at radius 1 is 1.60 bits per heavy atom. The first-order valence-corrected chi connectivity index (χ1v) is 2.76. The Balaban J connectivity index is 3.28. The molecule has 0 fully saturated rings. The molecule has 0 unspecified atom stereocenters. The van der Waals surface area contributed by atoms with Crippen LogP contribution in [0.15, 0.2) is 18.2 Å². The van der Waals surface area contributed by atoms with Gasteiger partial charge in [0, 0.05) is 11.6 Å². The second kappa shape index (κ2) is 2.71. The van der Waals surface area contributed by atoms with Crippen LogP contribution in [0.5, 0.6) is 0 Å². The van der Waals surface area contributed by atoms with Crippen LogP contribution in [0, 0.1) is 29.7 Å². The van der Waals surface area contributed by atoms with Gasteiger partial charge in [-0.2, -0.15) is 5.26 Å². The van der Waals surface area contributed by atoms with Crippen LogP contribution in [0.3, 0.4) is 0 Å². The van der Waals surface area contributed by atoms with Crippen molar-refractivity contribution < 1.29 is 0 Å². The zero-order valence-electron chi connectivity index (χ0n) is 5.26. The number of hydrogen-bond acceptors (Lipinski definition) is 1. The Labute approximate surface area is 59.9 Å². The molecule has 0 aliphatic rings. The summed E-state index contributed by atoms with van der Waals surface area (Å²) in [6, 6.07) is 9.83. The Morgan fingerprint density at radius 3 is 2.90 bits per heavy atom. The first-order valence-electron chi connectivity index (χ1n) is 2.76. The maximum atomic E-state index is 8.47. The Hall–Kier alpha value is -1.73. The van der Waals surface area contributed by atoms with E-state index in [9.17, 15) is 0 Å². The maximum absolute atomic E-state index is 8.47. The quantitative estimate of drug-likeness (QED) is 0.481. The lowest BCUT2D eigenvalue weighted by molar-refractivity contribution is 1.46. The highest BCUT2D eigenvalue weighted by atomic mass is 14.2. The summed E-state index contributed by atoms with van der Waals surface area (Å²) in [7, 11) is 0. The van der Waals surface area contributed by atoms with E-state index in [-0.39, 0.29) is 0 Å². The second-order valence-corrected chi connectivity index (χ2v) is 1.71. The summed E-state index contributed by atoms with van der Waals surface area (Å²) in [6.07, 6.45) is 5.11. The van der Waals surface area contributed by atoms with Gasteiger partial charge in [-0.25, -0.2) is 0 Å². The number of hydrogen-bond donors (Lipinski definition) is 0. The van der Waals surface area contributed by atoms with Crippen molar-refractivity contribution in [1.29, 1.82) is 5.26 Å². The van der Waals surface area contributed by atoms with Gasteiger partial charge in [0.15, 0.2) is 0 Å². The number of benzene rings is 1. The number of rotatable bonds is 0. The summed E-state index contributed by atoms with van der Waals surface area (Å²) in [4.78, 5) is 0. The number of nitriles is 1. The van der Waals surface area contributed by atoms with Crippen LogP contribution in [0.4, 0.5) is 0 Å². The highest BCUT2D eigenvalue weighted by molar-refractivity contribution is 5.45. The number of nitrogens with zero attached hydrogens (tertiary/aromatic N) is 1. The SMILES string of the molecule is C#Cc1ccc[c]c1C#N. The molecule has 10 heavy (non-hydrogen) atoms. The zero-order chi connectivity index (χ0) is 7.40. The molecule has 1 nitrogen and oxygen atoms in total. The summed E-state index contributed by atoms with van der Waals surface area (Å²) >= 11 is 0. The third-order valence-electron chi connectivity index (χ3n) is 1.12. The molecule has 1 heteroatoms. The molecule has 0 aliphatic heterocycles. The van der Waals surface area contributed by atoms with Gasteiger partial charge in [0.1, 0.15) is 6.07 Å². The predicted octanol–water partition coefficient (Wildman–Crippen LogP) is 1.34. The van der Waals surface area contributed by atoms with Gasteiger partial charge in [0.25, 0.3) is 0 Å². The average molecular weight is 126 g/mol. The van der Waals surface area contributed by atoms with E-state index in [4.69, 9.17) is 11.7 Å². The summed E-state index contributed by atoms with van der Waals surface area (Å²) < 4.78 is 0. The highest BCUT2D eigenvalue weighted by Crippen LogP contribution is 2.03. The van der Waals surface area contributed by atoms with Crippen molar-refractivity contribution in [2.45, 2.75) is 0 Å². The molecule has 0 saturated heterocycles. The molecular formula is C9H4N. The van der Waals surface area contributed by atoms with Gasteiger partial charge in [-0.05, 0) is 6.07 Å².